The second-order valence-electron chi connectivity index (χ2n) is 2.66. The predicted molar refractivity (Wildman–Crippen MR) is 48.0 cm³/mol. The maximum Gasteiger partial charge on any atom is 0.0603 e. The van der Waals surface area contributed by atoms with Gasteiger partial charge in [-0.3, -0.25) is 0 Å². The van der Waals surface area contributed by atoms with Crippen molar-refractivity contribution in [1.29, 1.82) is 0 Å². The second kappa shape index (κ2) is 3.42. The third-order valence-corrected chi connectivity index (χ3v) is 2.00. The molecule has 0 aliphatic heterocycles. The highest BCUT2D eigenvalue weighted by Crippen LogP contribution is 2.19. The number of benzene rings is 1. The molecule has 1 aromatic carbocycles. The summed E-state index contributed by atoms with van der Waals surface area (Å²) in [6, 6.07) is 6.10. The smallest absolute Gasteiger partial charge is 0.0603 e. The minimum atomic E-state index is 0.734. The molecule has 0 aliphatic carbocycles. The first-order valence-electron chi connectivity index (χ1n) is 4.12. The summed E-state index contributed by atoms with van der Waals surface area (Å²) in [5.41, 5.74) is 10.8. The van der Waals surface area contributed by atoms with E-state index >= 15 is 0 Å². The second-order valence-corrected chi connectivity index (χ2v) is 2.66. The Balaban J connectivity index is 3.10. The van der Waals surface area contributed by atoms with Gasteiger partial charge in [-0.1, -0.05) is 32.0 Å². The normalized spacial score (nSPS) is 10.0. The van der Waals surface area contributed by atoms with Crippen molar-refractivity contribution < 1.29 is 0 Å². The van der Waals surface area contributed by atoms with E-state index < -0.39 is 0 Å². The minimum Gasteiger partial charge on any atom is -0.300 e. The van der Waals surface area contributed by atoms with E-state index in [0.29, 0.717) is 0 Å². The maximum absolute atomic E-state index is 7.75. The van der Waals surface area contributed by atoms with E-state index in [1.165, 1.54) is 0 Å². The molecule has 0 amide bonds. The van der Waals surface area contributed by atoms with Crippen LogP contribution < -0.4 is 5.73 Å². The third-order valence-electron chi connectivity index (χ3n) is 2.00. The molecule has 1 nitrogen and oxygen atoms in total. The van der Waals surface area contributed by atoms with Crippen LogP contribution >= 0.6 is 0 Å². The molecule has 1 heteroatoms. The van der Waals surface area contributed by atoms with Gasteiger partial charge in [-0.05, 0) is 24.0 Å². The summed E-state index contributed by atoms with van der Waals surface area (Å²) in [6.07, 6.45) is 1.93. The highest BCUT2D eigenvalue weighted by Gasteiger charge is 2.00. The standard InChI is InChI=1S/C10H14N/c1-3-8-6-5-7-9(4-2)10(8)11/h5-7,11H,3-4H2,1-2H3. The lowest BCUT2D eigenvalue weighted by atomic mass is 10.0. The van der Waals surface area contributed by atoms with Crippen molar-refractivity contribution in [3.8, 4) is 0 Å². The predicted octanol–water partition coefficient (Wildman–Crippen LogP) is 2.73. The Hall–Kier alpha value is -0.980. The van der Waals surface area contributed by atoms with Gasteiger partial charge in [0.05, 0.1) is 5.69 Å². The number of nitrogens with one attached hydrogen (secondary N) is 1. The molecule has 0 saturated carbocycles. The fourth-order valence-electron chi connectivity index (χ4n) is 1.24. The van der Waals surface area contributed by atoms with Gasteiger partial charge in [0, 0.05) is 0 Å². The number of aryl methyl sites for hydroxylation is 2. The summed E-state index contributed by atoms with van der Waals surface area (Å²) < 4.78 is 0. The Morgan fingerprint density at radius 2 is 1.55 bits per heavy atom. The molecular formula is C10H14N. The molecule has 0 aromatic heterocycles. The van der Waals surface area contributed by atoms with Crippen molar-refractivity contribution in [3.05, 3.63) is 29.3 Å². The molecular weight excluding hydrogens is 134 g/mol. The quantitative estimate of drug-likeness (QED) is 0.615. The van der Waals surface area contributed by atoms with Gasteiger partial charge in [0.25, 0.3) is 0 Å². The Labute approximate surface area is 68.2 Å². The Morgan fingerprint density at radius 1 is 1.09 bits per heavy atom. The van der Waals surface area contributed by atoms with Gasteiger partial charge < -0.3 is 5.73 Å². The lowest BCUT2D eigenvalue weighted by Crippen LogP contribution is -1.89. The van der Waals surface area contributed by atoms with Gasteiger partial charge >= 0.3 is 0 Å². The van der Waals surface area contributed by atoms with Crippen molar-refractivity contribution in [2.45, 2.75) is 26.7 Å². The largest absolute Gasteiger partial charge is 0.300 e. The molecule has 0 unspecified atom stereocenters. The number of hydrogen-bond donors (Lipinski definition) is 0. The van der Waals surface area contributed by atoms with E-state index in [0.717, 1.165) is 29.7 Å². The summed E-state index contributed by atoms with van der Waals surface area (Å²) in [4.78, 5) is 0. The van der Waals surface area contributed by atoms with E-state index in [9.17, 15) is 0 Å². The lowest BCUT2D eigenvalue weighted by Gasteiger charge is -2.05. The van der Waals surface area contributed by atoms with Crippen LogP contribution in [0.3, 0.4) is 0 Å². The Morgan fingerprint density at radius 3 is 1.91 bits per heavy atom. The first kappa shape index (κ1) is 8.12. The van der Waals surface area contributed by atoms with Crippen molar-refractivity contribution in [3.63, 3.8) is 0 Å². The molecule has 0 saturated heterocycles. The molecule has 0 atom stereocenters. The zero-order valence-corrected chi connectivity index (χ0v) is 7.15. The van der Waals surface area contributed by atoms with Crippen molar-refractivity contribution >= 4 is 5.69 Å². The van der Waals surface area contributed by atoms with Gasteiger partial charge in [0.2, 0.25) is 0 Å². The zero-order chi connectivity index (χ0) is 8.27. The van der Waals surface area contributed by atoms with Crippen LogP contribution in [0.15, 0.2) is 18.2 Å². The molecule has 1 N–H and O–H groups in total. The van der Waals surface area contributed by atoms with Crippen LogP contribution in [-0.4, -0.2) is 0 Å². The molecule has 0 heterocycles. The highest BCUT2D eigenvalue weighted by molar-refractivity contribution is 5.50. The summed E-state index contributed by atoms with van der Waals surface area (Å²) >= 11 is 0. The highest BCUT2D eigenvalue weighted by atomic mass is 14.6. The summed E-state index contributed by atoms with van der Waals surface area (Å²) in [5, 5.41) is 0. The topological polar surface area (TPSA) is 23.8 Å². The Bertz CT molecular complexity index is 218. The van der Waals surface area contributed by atoms with Crippen LogP contribution in [0, 0.1) is 0 Å². The van der Waals surface area contributed by atoms with Gasteiger partial charge in [-0.25, -0.2) is 0 Å². The molecule has 1 aromatic rings. The average molecular weight is 148 g/mol. The Kier molecular flexibility index (Phi) is 2.53. The molecule has 0 aliphatic rings. The molecule has 1 rings (SSSR count). The fraction of sp³-hybridized carbons (Fsp3) is 0.400. The first-order chi connectivity index (χ1) is 5.29. The molecule has 11 heavy (non-hydrogen) atoms. The lowest BCUT2D eigenvalue weighted by molar-refractivity contribution is 1.07. The summed E-state index contributed by atoms with van der Waals surface area (Å²) in [5.74, 6) is 0. The van der Waals surface area contributed by atoms with Gasteiger partial charge in [0.15, 0.2) is 0 Å². The van der Waals surface area contributed by atoms with Crippen LogP contribution in [0.1, 0.15) is 25.0 Å². The van der Waals surface area contributed by atoms with E-state index in [4.69, 9.17) is 5.73 Å². The van der Waals surface area contributed by atoms with Gasteiger partial charge in [-0.15, -0.1) is 0 Å². The van der Waals surface area contributed by atoms with Crippen molar-refractivity contribution in [1.82, 2.24) is 5.73 Å². The molecule has 0 spiro atoms. The maximum atomic E-state index is 7.75. The van der Waals surface area contributed by atoms with E-state index in [1.54, 1.807) is 0 Å². The van der Waals surface area contributed by atoms with Crippen molar-refractivity contribution in [2.24, 2.45) is 0 Å². The van der Waals surface area contributed by atoms with Crippen LogP contribution in [0.2, 0.25) is 0 Å². The average Bonchev–Trinajstić information content (AvgIpc) is 2.05. The molecule has 59 valence electrons. The molecule has 0 bridgehead atoms. The fourth-order valence-corrected chi connectivity index (χ4v) is 1.24. The van der Waals surface area contributed by atoms with Crippen LogP contribution in [0.4, 0.5) is 5.69 Å². The molecule has 0 fully saturated rings. The van der Waals surface area contributed by atoms with E-state index in [1.807, 2.05) is 18.2 Å². The van der Waals surface area contributed by atoms with E-state index in [-0.39, 0.29) is 0 Å². The van der Waals surface area contributed by atoms with Crippen LogP contribution in [-0.2, 0) is 12.8 Å². The van der Waals surface area contributed by atoms with Crippen molar-refractivity contribution in [2.75, 3.05) is 0 Å². The SMILES string of the molecule is CCc1cccc(CC)c1[NH]. The number of hydrogen-bond acceptors (Lipinski definition) is 0. The van der Waals surface area contributed by atoms with Crippen LogP contribution in [0.5, 0.6) is 0 Å². The first-order valence-corrected chi connectivity index (χ1v) is 4.12. The summed E-state index contributed by atoms with van der Waals surface area (Å²) in [6.45, 7) is 4.18. The zero-order valence-electron chi connectivity index (χ0n) is 7.15. The van der Waals surface area contributed by atoms with Crippen LogP contribution in [0.25, 0.3) is 0 Å². The van der Waals surface area contributed by atoms with Gasteiger partial charge in [0.1, 0.15) is 0 Å². The molecule has 1 radical (unpaired) electrons. The van der Waals surface area contributed by atoms with Gasteiger partial charge in [-0.2, -0.15) is 0 Å². The van der Waals surface area contributed by atoms with E-state index in [2.05, 4.69) is 13.8 Å². The minimum absolute atomic E-state index is 0.734. The third kappa shape index (κ3) is 1.53. The number of rotatable bonds is 2. The monoisotopic (exact) mass is 148 g/mol. The summed E-state index contributed by atoms with van der Waals surface area (Å²) in [7, 11) is 0.